The molecule has 0 fully saturated rings. The third-order valence-electron chi connectivity index (χ3n) is 9.35. The van der Waals surface area contributed by atoms with Crippen molar-refractivity contribution >= 4 is 43.6 Å². The van der Waals surface area contributed by atoms with Crippen molar-refractivity contribution in [2.45, 2.75) is 0 Å². The Kier molecular flexibility index (Phi) is 6.04. The summed E-state index contributed by atoms with van der Waals surface area (Å²) in [5.74, 6) is 1.42. The number of pyridine rings is 2. The van der Waals surface area contributed by atoms with Crippen LogP contribution in [0.3, 0.4) is 0 Å². The van der Waals surface area contributed by atoms with Gasteiger partial charge in [0.1, 0.15) is 0 Å². The number of rotatable bonds is 5. The van der Waals surface area contributed by atoms with Gasteiger partial charge in [-0.25, -0.2) is 0 Å². The summed E-state index contributed by atoms with van der Waals surface area (Å²) in [4.78, 5) is 8.82. The van der Waals surface area contributed by atoms with E-state index in [0.717, 1.165) is 50.4 Å². The molecule has 7 nitrogen and oxygen atoms in total. The second kappa shape index (κ2) is 10.9. The number of hydrogen-bond donors (Lipinski definition) is 0. The normalized spacial score (nSPS) is 11.7. The van der Waals surface area contributed by atoms with Crippen molar-refractivity contribution in [1.82, 2.24) is 33.9 Å². The van der Waals surface area contributed by atoms with E-state index in [-0.39, 0.29) is 0 Å². The van der Waals surface area contributed by atoms with E-state index in [4.69, 9.17) is 10.2 Å². The Bertz CT molecular complexity index is 2770. The van der Waals surface area contributed by atoms with Crippen LogP contribution in [0.25, 0.3) is 83.4 Å². The second-order valence-corrected chi connectivity index (χ2v) is 12.1. The van der Waals surface area contributed by atoms with Crippen LogP contribution in [0.2, 0.25) is 0 Å². The first-order valence-electron chi connectivity index (χ1n) is 16.2. The van der Waals surface area contributed by atoms with Gasteiger partial charge < -0.3 is 9.13 Å². The molecule has 10 rings (SSSR count). The van der Waals surface area contributed by atoms with Gasteiger partial charge in [0.2, 0.25) is 0 Å². The lowest BCUT2D eigenvalue weighted by Gasteiger charge is -2.15. The Balaban J connectivity index is 1.27. The molecule has 5 heterocycles. The van der Waals surface area contributed by atoms with Crippen LogP contribution in [0.15, 0.2) is 164 Å². The Morgan fingerprint density at radius 2 is 0.939 bits per heavy atom. The zero-order valence-corrected chi connectivity index (χ0v) is 26.2. The smallest absolute Gasteiger partial charge is 0.171 e. The highest BCUT2D eigenvalue weighted by atomic mass is 15.3. The third-order valence-corrected chi connectivity index (χ3v) is 9.35. The Labute approximate surface area is 281 Å². The topological polar surface area (TPSA) is 66.3 Å². The van der Waals surface area contributed by atoms with Crippen molar-refractivity contribution in [3.63, 3.8) is 0 Å². The average Bonchev–Trinajstić information content (AvgIpc) is 3.86. The standard InChI is InChI=1S/C42H27N7/c1-4-20-37-32(15-1)33-16-2-5-21-38(33)47(37)29-12-7-13-30(25-29)48-39-22-6-3-17-34(39)35-18-8-19-36(40(35)48)42-46-45-41(28-11-9-23-43-26-28)49(42)31-14-10-24-44-27-31/h1-27H. The molecular formula is C42H27N7. The summed E-state index contributed by atoms with van der Waals surface area (Å²) in [6.07, 6.45) is 7.21. The Morgan fingerprint density at radius 3 is 1.61 bits per heavy atom. The largest absolute Gasteiger partial charge is 0.309 e. The SMILES string of the molecule is c1cncc(-c2nnc(-c3cccc4c5ccccc5n(-c5cccc(-n6c7ccccc7c7ccccc76)c5)c34)n2-c2cccnc2)c1. The number of hydrogen-bond acceptors (Lipinski definition) is 4. The predicted molar refractivity (Wildman–Crippen MR) is 196 cm³/mol. The zero-order valence-electron chi connectivity index (χ0n) is 26.2. The number of nitrogens with zero attached hydrogens (tertiary/aromatic N) is 7. The van der Waals surface area contributed by atoms with Crippen molar-refractivity contribution in [2.24, 2.45) is 0 Å². The monoisotopic (exact) mass is 629 g/mol. The van der Waals surface area contributed by atoms with Gasteiger partial charge in [-0.3, -0.25) is 14.5 Å². The molecule has 0 radical (unpaired) electrons. The molecule has 0 atom stereocenters. The number of para-hydroxylation sites is 4. The van der Waals surface area contributed by atoms with Crippen LogP contribution in [-0.4, -0.2) is 33.9 Å². The molecule has 0 spiro atoms. The van der Waals surface area contributed by atoms with Gasteiger partial charge in [-0.05, 0) is 66.7 Å². The molecule has 10 aromatic rings. The van der Waals surface area contributed by atoms with Crippen LogP contribution in [-0.2, 0) is 0 Å². The van der Waals surface area contributed by atoms with E-state index < -0.39 is 0 Å². The Hall–Kier alpha value is -6.86. The molecule has 0 saturated carbocycles. The molecule has 0 saturated heterocycles. The molecule has 7 heteroatoms. The maximum Gasteiger partial charge on any atom is 0.171 e. The van der Waals surface area contributed by atoms with Crippen molar-refractivity contribution in [2.75, 3.05) is 0 Å². The van der Waals surface area contributed by atoms with E-state index in [1.807, 2.05) is 36.7 Å². The highest BCUT2D eigenvalue weighted by Gasteiger charge is 2.23. The molecule has 0 amide bonds. The summed E-state index contributed by atoms with van der Waals surface area (Å²) in [5.41, 5.74) is 9.37. The minimum Gasteiger partial charge on any atom is -0.309 e. The third kappa shape index (κ3) is 4.16. The van der Waals surface area contributed by atoms with Crippen molar-refractivity contribution in [3.8, 4) is 39.8 Å². The van der Waals surface area contributed by atoms with E-state index in [2.05, 4.69) is 139 Å². The summed E-state index contributed by atoms with van der Waals surface area (Å²) in [5, 5.41) is 14.4. The fourth-order valence-corrected chi connectivity index (χ4v) is 7.31. The number of benzene rings is 5. The summed E-state index contributed by atoms with van der Waals surface area (Å²) in [6.45, 7) is 0. The predicted octanol–water partition coefficient (Wildman–Crippen LogP) is 9.59. The van der Waals surface area contributed by atoms with Gasteiger partial charge in [-0.1, -0.05) is 72.8 Å². The van der Waals surface area contributed by atoms with Crippen LogP contribution in [0.4, 0.5) is 0 Å². The van der Waals surface area contributed by atoms with Crippen molar-refractivity contribution in [1.29, 1.82) is 0 Å². The first-order valence-corrected chi connectivity index (χ1v) is 16.2. The van der Waals surface area contributed by atoms with Gasteiger partial charge in [0.15, 0.2) is 11.6 Å². The van der Waals surface area contributed by atoms with Crippen LogP contribution in [0.1, 0.15) is 0 Å². The lowest BCUT2D eigenvalue weighted by molar-refractivity contribution is 1.05. The van der Waals surface area contributed by atoms with E-state index >= 15 is 0 Å². The minimum absolute atomic E-state index is 0.698. The fraction of sp³-hybridized carbons (Fsp3) is 0. The van der Waals surface area contributed by atoms with Gasteiger partial charge in [0.05, 0.1) is 34.0 Å². The van der Waals surface area contributed by atoms with Crippen molar-refractivity contribution in [3.05, 3.63) is 164 Å². The van der Waals surface area contributed by atoms with E-state index in [9.17, 15) is 0 Å². The van der Waals surface area contributed by atoms with E-state index in [0.29, 0.717) is 5.82 Å². The molecule has 0 aliphatic rings. The second-order valence-electron chi connectivity index (χ2n) is 12.1. The van der Waals surface area contributed by atoms with Gasteiger partial charge in [-0.2, -0.15) is 0 Å². The minimum atomic E-state index is 0.698. The quantitative estimate of drug-likeness (QED) is 0.190. The highest BCUT2D eigenvalue weighted by molar-refractivity contribution is 6.14. The molecule has 5 aromatic heterocycles. The summed E-state index contributed by atoms with van der Waals surface area (Å²) < 4.78 is 6.81. The maximum atomic E-state index is 4.86. The number of aromatic nitrogens is 7. The maximum absolute atomic E-state index is 4.86. The molecule has 0 aliphatic carbocycles. The first kappa shape index (κ1) is 27.3. The van der Waals surface area contributed by atoms with E-state index in [1.54, 1.807) is 12.4 Å². The summed E-state index contributed by atoms with van der Waals surface area (Å²) >= 11 is 0. The average molecular weight is 630 g/mol. The fourth-order valence-electron chi connectivity index (χ4n) is 7.31. The molecule has 0 N–H and O–H groups in total. The van der Waals surface area contributed by atoms with Crippen LogP contribution in [0, 0.1) is 0 Å². The van der Waals surface area contributed by atoms with Crippen LogP contribution < -0.4 is 0 Å². The lowest BCUT2D eigenvalue weighted by Crippen LogP contribution is -2.03. The first-order chi connectivity index (χ1) is 24.3. The molecule has 5 aromatic carbocycles. The summed E-state index contributed by atoms with van der Waals surface area (Å²) in [7, 11) is 0. The Morgan fingerprint density at radius 1 is 0.388 bits per heavy atom. The molecule has 0 bridgehead atoms. The summed E-state index contributed by atoms with van der Waals surface area (Å²) in [6, 6.07) is 49.0. The molecule has 49 heavy (non-hydrogen) atoms. The van der Waals surface area contributed by atoms with E-state index in [1.165, 1.54) is 27.2 Å². The number of fused-ring (bicyclic) bond motifs is 6. The van der Waals surface area contributed by atoms with Crippen molar-refractivity contribution < 1.29 is 0 Å². The van der Waals surface area contributed by atoms with Crippen LogP contribution >= 0.6 is 0 Å². The molecule has 0 aliphatic heterocycles. The van der Waals surface area contributed by atoms with Crippen LogP contribution in [0.5, 0.6) is 0 Å². The molecule has 0 unspecified atom stereocenters. The highest BCUT2D eigenvalue weighted by Crippen LogP contribution is 2.40. The van der Waals surface area contributed by atoms with Gasteiger partial charge in [-0.15, -0.1) is 10.2 Å². The van der Waals surface area contributed by atoms with Gasteiger partial charge in [0, 0.05) is 62.6 Å². The van der Waals surface area contributed by atoms with Gasteiger partial charge >= 0.3 is 0 Å². The zero-order chi connectivity index (χ0) is 32.3. The van der Waals surface area contributed by atoms with Gasteiger partial charge in [0.25, 0.3) is 0 Å². The molecule has 230 valence electrons. The lowest BCUT2D eigenvalue weighted by atomic mass is 10.1. The molecular weight excluding hydrogens is 603 g/mol.